The summed E-state index contributed by atoms with van der Waals surface area (Å²) < 4.78 is 29.1. The van der Waals surface area contributed by atoms with Crippen LogP contribution in [0.25, 0.3) is 0 Å². The molecule has 0 unspecified atom stereocenters. The van der Waals surface area contributed by atoms with Gasteiger partial charge in [0.2, 0.25) is 6.33 Å². The van der Waals surface area contributed by atoms with Gasteiger partial charge >= 0.3 is 0 Å². The second-order valence-electron chi connectivity index (χ2n) is 5.26. The second-order valence-corrected chi connectivity index (χ2v) is 5.26. The van der Waals surface area contributed by atoms with Crippen molar-refractivity contribution in [3.05, 3.63) is 18.7 Å². The minimum atomic E-state index is -1.10. The van der Waals surface area contributed by atoms with Crippen LogP contribution in [0.5, 0.6) is 0 Å². The Morgan fingerprint density at radius 3 is 1.92 bits per heavy atom. The number of carboxylic acids is 1. The number of rotatable bonds is 15. The molecule has 0 aliphatic carbocycles. The Balaban J connectivity index is 0.000000531. The number of carbonyl (C=O) groups is 1. The van der Waals surface area contributed by atoms with E-state index in [0.29, 0.717) is 39.6 Å². The Bertz CT molecular complexity index is 441. The van der Waals surface area contributed by atoms with Crippen LogP contribution in [0.15, 0.2) is 18.7 Å². The number of carboxylic acid groups (broad SMARTS) is 1. The van der Waals surface area contributed by atoms with E-state index in [1.807, 2.05) is 30.3 Å². The highest BCUT2D eigenvalue weighted by Gasteiger charge is 1.97. The van der Waals surface area contributed by atoms with E-state index in [9.17, 15) is 9.90 Å². The molecule has 0 aliphatic rings. The summed E-state index contributed by atoms with van der Waals surface area (Å²) in [7, 11) is 5.33. The van der Waals surface area contributed by atoms with Crippen LogP contribution in [0.4, 0.5) is 0 Å². The lowest BCUT2D eigenvalue weighted by atomic mass is 10.5. The summed E-state index contributed by atoms with van der Waals surface area (Å²) in [6.45, 7) is 4.82. The molecule has 0 radical (unpaired) electrons. The van der Waals surface area contributed by atoms with Crippen LogP contribution in [-0.2, 0) is 42.1 Å². The molecule has 0 fully saturated rings. The first-order chi connectivity index (χ1) is 12.6. The van der Waals surface area contributed by atoms with Crippen LogP contribution in [0, 0.1) is 0 Å². The highest BCUT2D eigenvalue weighted by atomic mass is 16.6. The molecular weight excluding hydrogens is 344 g/mol. The van der Waals surface area contributed by atoms with Crippen molar-refractivity contribution in [2.24, 2.45) is 7.05 Å². The number of aromatic nitrogens is 2. The monoisotopic (exact) mass is 376 g/mol. The molecule has 0 atom stereocenters. The standard InChI is InChI=1S/C10H20O6.C7H13N2O/c1-13-4-5-15-8-9-16-7-6-14-3-2-10(11)12;1-8-3-4-9(7-8)5-6-10-2/h2-9H2,1H3,(H,11,12);3-4,7H,5-6H2,1-2H3/q;+1/p-1. The zero-order valence-corrected chi connectivity index (χ0v) is 16.1. The van der Waals surface area contributed by atoms with E-state index in [1.165, 1.54) is 0 Å². The van der Waals surface area contributed by atoms with Crippen LogP contribution in [0.2, 0.25) is 0 Å². The molecule has 1 heterocycles. The lowest BCUT2D eigenvalue weighted by Crippen LogP contribution is -2.33. The fourth-order valence-electron chi connectivity index (χ4n) is 1.67. The fraction of sp³-hybridized carbons (Fsp3) is 0.765. The lowest BCUT2D eigenvalue weighted by Gasteiger charge is -2.06. The molecule has 26 heavy (non-hydrogen) atoms. The van der Waals surface area contributed by atoms with Gasteiger partial charge in [0.25, 0.3) is 0 Å². The number of methoxy groups -OCH3 is 2. The molecule has 0 amide bonds. The molecule has 0 saturated heterocycles. The summed E-state index contributed by atoms with van der Waals surface area (Å²) in [6.07, 6.45) is 5.98. The van der Waals surface area contributed by atoms with Crippen molar-refractivity contribution in [2.75, 3.05) is 67.1 Å². The molecule has 0 spiro atoms. The molecule has 0 saturated carbocycles. The van der Waals surface area contributed by atoms with Gasteiger partial charge in [-0.25, -0.2) is 9.13 Å². The Kier molecular flexibility index (Phi) is 17.2. The third-order valence-electron chi connectivity index (χ3n) is 3.00. The third-order valence-corrected chi connectivity index (χ3v) is 3.00. The van der Waals surface area contributed by atoms with E-state index in [0.717, 1.165) is 13.2 Å². The molecule has 1 rings (SSSR count). The Labute approximate surface area is 155 Å². The van der Waals surface area contributed by atoms with Crippen molar-refractivity contribution in [3.8, 4) is 0 Å². The molecule has 9 heteroatoms. The van der Waals surface area contributed by atoms with Gasteiger partial charge in [0.15, 0.2) is 0 Å². The van der Waals surface area contributed by atoms with E-state index < -0.39 is 5.97 Å². The predicted molar refractivity (Wildman–Crippen MR) is 91.4 cm³/mol. The highest BCUT2D eigenvalue weighted by Crippen LogP contribution is 1.84. The van der Waals surface area contributed by atoms with E-state index >= 15 is 0 Å². The maximum atomic E-state index is 10.0. The van der Waals surface area contributed by atoms with E-state index in [4.69, 9.17) is 23.7 Å². The topological polar surface area (TPSA) is 95.1 Å². The normalized spacial score (nSPS) is 10.4. The van der Waals surface area contributed by atoms with E-state index in [1.54, 1.807) is 14.2 Å². The summed E-state index contributed by atoms with van der Waals surface area (Å²) in [5.41, 5.74) is 0. The first-order valence-electron chi connectivity index (χ1n) is 8.52. The van der Waals surface area contributed by atoms with Gasteiger partial charge in [-0.2, -0.15) is 0 Å². The van der Waals surface area contributed by atoms with Gasteiger partial charge in [0.05, 0.1) is 59.9 Å². The summed E-state index contributed by atoms with van der Waals surface area (Å²) in [5, 5.41) is 10.0. The van der Waals surface area contributed by atoms with Gasteiger partial charge < -0.3 is 33.6 Å². The minimum Gasteiger partial charge on any atom is -0.550 e. The number of ether oxygens (including phenoxy) is 5. The highest BCUT2D eigenvalue weighted by molar-refractivity contribution is 5.64. The Morgan fingerprint density at radius 2 is 1.46 bits per heavy atom. The van der Waals surface area contributed by atoms with Gasteiger partial charge in [-0.3, -0.25) is 0 Å². The minimum absolute atomic E-state index is 0.0832. The van der Waals surface area contributed by atoms with Crippen molar-refractivity contribution in [1.82, 2.24) is 4.57 Å². The van der Waals surface area contributed by atoms with Crippen LogP contribution in [0.1, 0.15) is 6.42 Å². The summed E-state index contributed by atoms with van der Waals surface area (Å²) in [4.78, 5) is 10.0. The Hall–Kier alpha value is -1.52. The average Bonchev–Trinajstić information content (AvgIpc) is 3.03. The molecule has 0 aromatic carbocycles. The molecule has 1 aromatic rings. The van der Waals surface area contributed by atoms with Gasteiger partial charge in [-0.1, -0.05) is 0 Å². The molecule has 9 nitrogen and oxygen atoms in total. The van der Waals surface area contributed by atoms with Crippen LogP contribution in [0.3, 0.4) is 0 Å². The quantitative estimate of drug-likeness (QED) is 0.280. The van der Waals surface area contributed by atoms with Gasteiger partial charge in [0.1, 0.15) is 18.9 Å². The van der Waals surface area contributed by atoms with Crippen molar-refractivity contribution in [1.29, 1.82) is 0 Å². The van der Waals surface area contributed by atoms with Crippen LogP contribution >= 0.6 is 0 Å². The first-order valence-corrected chi connectivity index (χ1v) is 8.52. The number of aryl methyl sites for hydroxylation is 1. The first kappa shape index (κ1) is 24.5. The molecule has 0 bridgehead atoms. The zero-order chi connectivity index (χ0) is 19.5. The van der Waals surface area contributed by atoms with Crippen molar-refractivity contribution in [3.63, 3.8) is 0 Å². The summed E-state index contributed by atoms with van der Waals surface area (Å²) in [6, 6.07) is 0. The van der Waals surface area contributed by atoms with Gasteiger partial charge in [-0.15, -0.1) is 0 Å². The molecular formula is C17H32N2O7. The van der Waals surface area contributed by atoms with E-state index in [2.05, 4.69) is 4.57 Å². The van der Waals surface area contributed by atoms with E-state index in [-0.39, 0.29) is 13.0 Å². The SMILES string of the molecule is COCCOCCOCCOCCC(=O)[O-].COCC[n+]1ccn(C)c1. The second kappa shape index (κ2) is 18.3. The lowest BCUT2D eigenvalue weighted by molar-refractivity contribution is -0.697. The zero-order valence-electron chi connectivity index (χ0n) is 16.1. The van der Waals surface area contributed by atoms with Crippen molar-refractivity contribution in [2.45, 2.75) is 13.0 Å². The Morgan fingerprint density at radius 1 is 0.923 bits per heavy atom. The smallest absolute Gasteiger partial charge is 0.243 e. The number of hydrogen-bond acceptors (Lipinski definition) is 7. The molecule has 0 aliphatic heterocycles. The molecule has 1 aromatic heterocycles. The van der Waals surface area contributed by atoms with Crippen molar-refractivity contribution < 1.29 is 38.2 Å². The average molecular weight is 376 g/mol. The maximum Gasteiger partial charge on any atom is 0.243 e. The van der Waals surface area contributed by atoms with Gasteiger partial charge in [-0.05, 0) is 0 Å². The fourth-order valence-corrected chi connectivity index (χ4v) is 1.67. The van der Waals surface area contributed by atoms with Crippen molar-refractivity contribution >= 4 is 5.97 Å². The largest absolute Gasteiger partial charge is 0.550 e. The molecule has 0 N–H and O–H groups in total. The number of imidazole rings is 1. The third kappa shape index (κ3) is 17.3. The van der Waals surface area contributed by atoms with Crippen LogP contribution in [-0.4, -0.2) is 77.6 Å². The maximum absolute atomic E-state index is 10.0. The molecule has 152 valence electrons. The number of aliphatic carboxylic acids is 1. The van der Waals surface area contributed by atoms with Crippen LogP contribution < -0.4 is 9.67 Å². The van der Waals surface area contributed by atoms with Gasteiger partial charge in [0, 0.05) is 26.6 Å². The number of carbonyl (C=O) groups excluding carboxylic acids is 1. The summed E-state index contributed by atoms with van der Waals surface area (Å²) >= 11 is 0. The number of hydrogen-bond donors (Lipinski definition) is 0. The summed E-state index contributed by atoms with van der Waals surface area (Å²) in [5.74, 6) is -1.10. The predicted octanol–water partition coefficient (Wildman–Crippen LogP) is -1.22. The number of nitrogens with zero attached hydrogens (tertiary/aromatic N) is 2.